The van der Waals surface area contributed by atoms with Gasteiger partial charge in [-0.05, 0) is 30.5 Å². The van der Waals surface area contributed by atoms with E-state index >= 15 is 0 Å². The quantitative estimate of drug-likeness (QED) is 0.719. The van der Waals surface area contributed by atoms with E-state index in [2.05, 4.69) is 19.2 Å². The highest BCUT2D eigenvalue weighted by Crippen LogP contribution is 2.27. The SMILES string of the molecule is CCCCC(CC)CNc1ccc(OC)c(Cl)c1. The summed E-state index contributed by atoms with van der Waals surface area (Å²) in [7, 11) is 1.63. The van der Waals surface area contributed by atoms with Crippen LogP contribution in [0.25, 0.3) is 0 Å². The van der Waals surface area contributed by atoms with Gasteiger partial charge in [0.1, 0.15) is 5.75 Å². The fourth-order valence-corrected chi connectivity index (χ4v) is 2.24. The average Bonchev–Trinajstić information content (AvgIpc) is 2.39. The topological polar surface area (TPSA) is 21.3 Å². The van der Waals surface area contributed by atoms with Crippen LogP contribution in [-0.2, 0) is 0 Å². The molecule has 1 rings (SSSR count). The molecule has 18 heavy (non-hydrogen) atoms. The van der Waals surface area contributed by atoms with E-state index in [1.165, 1.54) is 25.7 Å². The van der Waals surface area contributed by atoms with Crippen molar-refractivity contribution in [2.75, 3.05) is 19.0 Å². The molecular weight excluding hydrogens is 246 g/mol. The van der Waals surface area contributed by atoms with Crippen molar-refractivity contribution in [1.82, 2.24) is 0 Å². The predicted octanol–water partition coefficient (Wildman–Crippen LogP) is 4.98. The van der Waals surface area contributed by atoms with Gasteiger partial charge in [0, 0.05) is 12.2 Å². The zero-order valence-corrected chi connectivity index (χ0v) is 12.4. The van der Waals surface area contributed by atoms with Crippen LogP contribution < -0.4 is 10.1 Å². The van der Waals surface area contributed by atoms with Crippen molar-refractivity contribution in [3.05, 3.63) is 23.2 Å². The number of hydrogen-bond donors (Lipinski definition) is 1. The Labute approximate surface area is 116 Å². The van der Waals surface area contributed by atoms with Gasteiger partial charge in [-0.2, -0.15) is 0 Å². The molecule has 0 aliphatic carbocycles. The third-order valence-corrected chi connectivity index (χ3v) is 3.59. The number of methoxy groups -OCH3 is 1. The molecule has 1 aromatic rings. The minimum Gasteiger partial charge on any atom is -0.495 e. The summed E-state index contributed by atoms with van der Waals surface area (Å²) in [5, 5.41) is 4.11. The van der Waals surface area contributed by atoms with Crippen LogP contribution in [0.4, 0.5) is 5.69 Å². The molecule has 0 aliphatic rings. The van der Waals surface area contributed by atoms with E-state index in [1.807, 2.05) is 18.2 Å². The molecule has 0 bridgehead atoms. The summed E-state index contributed by atoms with van der Waals surface area (Å²) in [6.45, 7) is 5.51. The lowest BCUT2D eigenvalue weighted by Crippen LogP contribution is -2.13. The lowest BCUT2D eigenvalue weighted by atomic mass is 9.99. The Kier molecular flexibility index (Phi) is 6.96. The molecule has 1 unspecified atom stereocenters. The molecule has 1 N–H and O–H groups in total. The number of benzene rings is 1. The first-order valence-corrected chi connectivity index (χ1v) is 7.16. The summed E-state index contributed by atoms with van der Waals surface area (Å²) in [6.07, 6.45) is 5.09. The third-order valence-electron chi connectivity index (χ3n) is 3.29. The fraction of sp³-hybridized carbons (Fsp3) is 0.600. The van der Waals surface area contributed by atoms with Gasteiger partial charge in [-0.15, -0.1) is 0 Å². The second-order valence-corrected chi connectivity index (χ2v) is 5.05. The third kappa shape index (κ3) is 4.77. The Balaban J connectivity index is 2.49. The van der Waals surface area contributed by atoms with Gasteiger partial charge in [0.15, 0.2) is 0 Å². The molecule has 0 aromatic heterocycles. The smallest absolute Gasteiger partial charge is 0.137 e. The zero-order valence-electron chi connectivity index (χ0n) is 11.6. The number of unbranched alkanes of at least 4 members (excludes halogenated alkanes) is 1. The van der Waals surface area contributed by atoms with Crippen LogP contribution in [0.3, 0.4) is 0 Å². The Morgan fingerprint density at radius 2 is 2.11 bits per heavy atom. The van der Waals surface area contributed by atoms with E-state index in [9.17, 15) is 0 Å². The van der Waals surface area contributed by atoms with Gasteiger partial charge in [-0.25, -0.2) is 0 Å². The van der Waals surface area contributed by atoms with Crippen molar-refractivity contribution >= 4 is 17.3 Å². The van der Waals surface area contributed by atoms with E-state index in [0.717, 1.165) is 23.9 Å². The van der Waals surface area contributed by atoms with Gasteiger partial charge in [0.2, 0.25) is 0 Å². The average molecular weight is 270 g/mol. The van der Waals surface area contributed by atoms with Crippen LogP contribution >= 0.6 is 11.6 Å². The van der Waals surface area contributed by atoms with Crippen molar-refractivity contribution in [2.45, 2.75) is 39.5 Å². The van der Waals surface area contributed by atoms with Crippen molar-refractivity contribution in [1.29, 1.82) is 0 Å². The van der Waals surface area contributed by atoms with Gasteiger partial charge in [0.05, 0.1) is 12.1 Å². The molecule has 0 spiro atoms. The molecular formula is C15H24ClNO. The van der Waals surface area contributed by atoms with Crippen molar-refractivity contribution in [3.8, 4) is 5.75 Å². The highest BCUT2D eigenvalue weighted by Gasteiger charge is 2.06. The maximum atomic E-state index is 6.10. The Morgan fingerprint density at radius 1 is 1.33 bits per heavy atom. The van der Waals surface area contributed by atoms with Gasteiger partial charge in [-0.1, -0.05) is 44.7 Å². The van der Waals surface area contributed by atoms with Crippen LogP contribution in [0.2, 0.25) is 5.02 Å². The first-order valence-electron chi connectivity index (χ1n) is 6.78. The second kappa shape index (κ2) is 8.25. The summed E-state index contributed by atoms with van der Waals surface area (Å²) in [5.74, 6) is 1.46. The van der Waals surface area contributed by atoms with Crippen LogP contribution in [-0.4, -0.2) is 13.7 Å². The lowest BCUT2D eigenvalue weighted by molar-refractivity contribution is 0.415. The first-order chi connectivity index (χ1) is 8.71. The van der Waals surface area contributed by atoms with E-state index in [1.54, 1.807) is 7.11 Å². The summed E-state index contributed by atoms with van der Waals surface area (Å²) in [5.41, 5.74) is 1.07. The summed E-state index contributed by atoms with van der Waals surface area (Å²) < 4.78 is 5.14. The Hall–Kier alpha value is -0.890. The molecule has 1 aromatic carbocycles. The highest BCUT2D eigenvalue weighted by atomic mass is 35.5. The monoisotopic (exact) mass is 269 g/mol. The molecule has 0 amide bonds. The minimum absolute atomic E-state index is 0.657. The summed E-state index contributed by atoms with van der Waals surface area (Å²) in [6, 6.07) is 5.84. The molecule has 2 nitrogen and oxygen atoms in total. The molecule has 3 heteroatoms. The minimum atomic E-state index is 0.657. The number of halogens is 1. The van der Waals surface area contributed by atoms with Crippen LogP contribution in [0.15, 0.2) is 18.2 Å². The summed E-state index contributed by atoms with van der Waals surface area (Å²) in [4.78, 5) is 0. The molecule has 0 heterocycles. The highest BCUT2D eigenvalue weighted by molar-refractivity contribution is 6.32. The number of nitrogens with one attached hydrogen (secondary N) is 1. The normalized spacial score (nSPS) is 12.2. The van der Waals surface area contributed by atoms with Crippen LogP contribution in [0, 0.1) is 5.92 Å². The van der Waals surface area contributed by atoms with E-state index in [0.29, 0.717) is 5.02 Å². The lowest BCUT2D eigenvalue weighted by Gasteiger charge is -2.16. The van der Waals surface area contributed by atoms with Crippen molar-refractivity contribution in [3.63, 3.8) is 0 Å². The van der Waals surface area contributed by atoms with Crippen molar-refractivity contribution < 1.29 is 4.74 Å². The Morgan fingerprint density at radius 3 is 2.67 bits per heavy atom. The van der Waals surface area contributed by atoms with Gasteiger partial charge in [-0.3, -0.25) is 0 Å². The Bertz CT molecular complexity index is 354. The molecule has 1 atom stereocenters. The molecule has 0 saturated carbocycles. The van der Waals surface area contributed by atoms with Crippen LogP contribution in [0.5, 0.6) is 5.75 Å². The summed E-state index contributed by atoms with van der Waals surface area (Å²) >= 11 is 6.10. The molecule has 102 valence electrons. The largest absolute Gasteiger partial charge is 0.495 e. The van der Waals surface area contributed by atoms with Gasteiger partial charge >= 0.3 is 0 Å². The fourth-order valence-electron chi connectivity index (χ4n) is 1.98. The number of rotatable bonds is 8. The molecule has 0 fully saturated rings. The number of hydrogen-bond acceptors (Lipinski definition) is 2. The van der Waals surface area contributed by atoms with Crippen LogP contribution in [0.1, 0.15) is 39.5 Å². The zero-order chi connectivity index (χ0) is 13.4. The molecule has 0 aliphatic heterocycles. The maximum absolute atomic E-state index is 6.10. The van der Waals surface area contributed by atoms with E-state index < -0.39 is 0 Å². The predicted molar refractivity (Wildman–Crippen MR) is 79.8 cm³/mol. The number of anilines is 1. The molecule has 0 saturated heterocycles. The maximum Gasteiger partial charge on any atom is 0.137 e. The molecule has 0 radical (unpaired) electrons. The first kappa shape index (κ1) is 15.2. The van der Waals surface area contributed by atoms with Gasteiger partial charge < -0.3 is 10.1 Å². The van der Waals surface area contributed by atoms with E-state index in [-0.39, 0.29) is 0 Å². The standard InChI is InChI=1S/C15H24ClNO/c1-4-6-7-12(5-2)11-17-13-8-9-15(18-3)14(16)10-13/h8-10,12,17H,4-7,11H2,1-3H3. The van der Waals surface area contributed by atoms with Gasteiger partial charge in [0.25, 0.3) is 0 Å². The van der Waals surface area contributed by atoms with Crippen molar-refractivity contribution in [2.24, 2.45) is 5.92 Å². The second-order valence-electron chi connectivity index (χ2n) is 4.65. The van der Waals surface area contributed by atoms with E-state index in [4.69, 9.17) is 16.3 Å². The number of ether oxygens (including phenoxy) is 1.